The van der Waals surface area contributed by atoms with E-state index < -0.39 is 10.0 Å². The van der Waals surface area contributed by atoms with Crippen LogP contribution in [0.2, 0.25) is 5.02 Å². The molecule has 1 aromatic carbocycles. The summed E-state index contributed by atoms with van der Waals surface area (Å²) in [4.78, 5) is 12.0. The van der Waals surface area contributed by atoms with Gasteiger partial charge in [-0.25, -0.2) is 13.6 Å². The third kappa shape index (κ3) is 5.30. The summed E-state index contributed by atoms with van der Waals surface area (Å²) in [5.74, 6) is -0.337. The zero-order valence-electron chi connectivity index (χ0n) is 12.3. The molecule has 0 fully saturated rings. The maximum absolute atomic E-state index is 12.1. The first kappa shape index (κ1) is 17.9. The molecule has 0 saturated carbocycles. The lowest BCUT2D eigenvalue weighted by Crippen LogP contribution is -2.26. The van der Waals surface area contributed by atoms with Gasteiger partial charge in [-0.15, -0.1) is 0 Å². The molecule has 0 radical (unpaired) electrons. The van der Waals surface area contributed by atoms with Gasteiger partial charge < -0.3 is 5.32 Å². The van der Waals surface area contributed by atoms with E-state index in [9.17, 15) is 13.2 Å². The number of hydrogen-bond acceptors (Lipinski definition) is 3. The van der Waals surface area contributed by atoms with E-state index in [-0.39, 0.29) is 21.4 Å². The fourth-order valence-corrected chi connectivity index (χ4v) is 3.15. The first-order valence-corrected chi connectivity index (χ1v) is 8.81. The molecule has 118 valence electrons. The number of hydrogen-bond donors (Lipinski definition) is 2. The Bertz CT molecular complexity index is 615. The number of sulfonamides is 1. The Kier molecular flexibility index (Phi) is 6.64. The fraction of sp³-hybridized carbons (Fsp3) is 0.500. The van der Waals surface area contributed by atoms with Gasteiger partial charge in [0.05, 0.1) is 4.90 Å². The Morgan fingerprint density at radius 1 is 1.29 bits per heavy atom. The highest BCUT2D eigenvalue weighted by molar-refractivity contribution is 7.89. The molecule has 0 aliphatic heterocycles. The number of nitrogens with two attached hydrogens (primary N) is 1. The molecule has 0 spiro atoms. The van der Waals surface area contributed by atoms with Crippen LogP contribution in [-0.2, 0) is 10.0 Å². The Balaban J connectivity index is 2.88. The fourth-order valence-electron chi connectivity index (χ4n) is 2.03. The third-order valence-corrected chi connectivity index (χ3v) is 4.45. The number of carbonyl (C=O) groups excluding carboxylic acids is 1. The van der Waals surface area contributed by atoms with Gasteiger partial charge in [0.2, 0.25) is 10.0 Å². The largest absolute Gasteiger partial charge is 0.352 e. The van der Waals surface area contributed by atoms with Gasteiger partial charge in [-0.2, -0.15) is 0 Å². The van der Waals surface area contributed by atoms with Gasteiger partial charge in [-0.1, -0.05) is 37.8 Å². The van der Waals surface area contributed by atoms with E-state index in [4.69, 9.17) is 16.7 Å². The maximum atomic E-state index is 12.1. The van der Waals surface area contributed by atoms with Gasteiger partial charge in [0.25, 0.3) is 5.91 Å². The van der Waals surface area contributed by atoms with Crippen molar-refractivity contribution in [2.45, 2.75) is 44.4 Å². The number of nitrogens with one attached hydrogen (secondary N) is 1. The molecule has 1 aromatic rings. The number of rotatable bonds is 7. The van der Waals surface area contributed by atoms with E-state index in [0.29, 0.717) is 12.1 Å². The highest BCUT2D eigenvalue weighted by Gasteiger charge is 2.19. The van der Waals surface area contributed by atoms with Crippen molar-refractivity contribution >= 4 is 27.5 Å². The van der Waals surface area contributed by atoms with Gasteiger partial charge in [-0.3, -0.25) is 4.79 Å². The summed E-state index contributed by atoms with van der Waals surface area (Å²) in [6, 6.07) is 2.71. The Morgan fingerprint density at radius 3 is 2.52 bits per heavy atom. The van der Waals surface area contributed by atoms with Crippen LogP contribution in [0.1, 0.15) is 48.5 Å². The van der Waals surface area contributed by atoms with Crippen LogP contribution in [-0.4, -0.2) is 20.9 Å². The molecule has 0 aliphatic rings. The van der Waals surface area contributed by atoms with Crippen molar-refractivity contribution in [1.82, 2.24) is 5.32 Å². The number of unbranched alkanes of at least 4 members (excludes halogenated alkanes) is 3. The van der Waals surface area contributed by atoms with E-state index in [1.165, 1.54) is 12.1 Å². The second kappa shape index (κ2) is 7.77. The number of halogens is 1. The average molecular weight is 333 g/mol. The normalized spacial score (nSPS) is 11.4. The van der Waals surface area contributed by atoms with Crippen LogP contribution in [0.5, 0.6) is 0 Å². The molecule has 0 aliphatic carbocycles. The molecule has 0 unspecified atom stereocenters. The minimum absolute atomic E-state index is 0.119. The highest BCUT2D eigenvalue weighted by atomic mass is 35.5. The lowest BCUT2D eigenvalue weighted by Gasteiger charge is -2.11. The summed E-state index contributed by atoms with van der Waals surface area (Å²) >= 11 is 5.87. The molecule has 1 rings (SSSR count). The SMILES string of the molecule is CCCCCCNC(=O)c1cc(Cl)cc(S(N)(=O)=O)c1C. The smallest absolute Gasteiger partial charge is 0.251 e. The van der Waals surface area contributed by atoms with Crippen LogP contribution in [0.4, 0.5) is 0 Å². The summed E-state index contributed by atoms with van der Waals surface area (Å²) in [7, 11) is -3.91. The van der Waals surface area contributed by atoms with Gasteiger partial charge in [0.1, 0.15) is 0 Å². The topological polar surface area (TPSA) is 89.3 Å². The number of carbonyl (C=O) groups is 1. The summed E-state index contributed by atoms with van der Waals surface area (Å²) < 4.78 is 23.0. The van der Waals surface area contributed by atoms with Gasteiger partial charge in [-0.05, 0) is 31.0 Å². The quantitative estimate of drug-likeness (QED) is 0.752. The summed E-state index contributed by atoms with van der Waals surface area (Å²) in [5.41, 5.74) is 0.551. The van der Waals surface area contributed by atoms with Crippen molar-refractivity contribution in [3.63, 3.8) is 0 Å². The zero-order chi connectivity index (χ0) is 16.0. The van der Waals surface area contributed by atoms with Crippen molar-refractivity contribution in [3.8, 4) is 0 Å². The van der Waals surface area contributed by atoms with Crippen molar-refractivity contribution in [3.05, 3.63) is 28.3 Å². The number of benzene rings is 1. The molecule has 0 atom stereocenters. The van der Waals surface area contributed by atoms with E-state index in [0.717, 1.165) is 25.7 Å². The Labute approximate surface area is 130 Å². The minimum atomic E-state index is -3.91. The van der Waals surface area contributed by atoms with Crippen molar-refractivity contribution in [2.75, 3.05) is 6.54 Å². The second-order valence-electron chi connectivity index (χ2n) is 4.94. The molecule has 3 N–H and O–H groups in total. The predicted molar refractivity (Wildman–Crippen MR) is 84.0 cm³/mol. The van der Waals surface area contributed by atoms with E-state index >= 15 is 0 Å². The van der Waals surface area contributed by atoms with Crippen LogP contribution in [0.3, 0.4) is 0 Å². The summed E-state index contributed by atoms with van der Waals surface area (Å²) in [6.07, 6.45) is 4.19. The monoisotopic (exact) mass is 332 g/mol. The van der Waals surface area contributed by atoms with Crippen molar-refractivity contribution in [1.29, 1.82) is 0 Å². The predicted octanol–water partition coefficient (Wildman–Crippen LogP) is 2.61. The van der Waals surface area contributed by atoms with E-state index in [1.54, 1.807) is 6.92 Å². The van der Waals surface area contributed by atoms with Crippen LogP contribution < -0.4 is 10.5 Å². The lowest BCUT2D eigenvalue weighted by molar-refractivity contribution is 0.0952. The number of amides is 1. The standard InChI is InChI=1S/C14H21ClN2O3S/c1-3-4-5-6-7-17-14(18)12-8-11(15)9-13(10(12)2)21(16,19)20/h8-9H,3-7H2,1-2H3,(H,17,18)(H2,16,19,20). The van der Waals surface area contributed by atoms with Crippen molar-refractivity contribution in [2.24, 2.45) is 5.14 Å². The molecular weight excluding hydrogens is 312 g/mol. The molecule has 0 heterocycles. The van der Waals surface area contributed by atoms with Gasteiger partial charge in [0.15, 0.2) is 0 Å². The van der Waals surface area contributed by atoms with Crippen LogP contribution in [0.15, 0.2) is 17.0 Å². The number of primary sulfonamides is 1. The van der Waals surface area contributed by atoms with Crippen LogP contribution >= 0.6 is 11.6 Å². The maximum Gasteiger partial charge on any atom is 0.251 e. The zero-order valence-corrected chi connectivity index (χ0v) is 13.9. The molecular formula is C14H21ClN2O3S. The molecule has 0 bridgehead atoms. The average Bonchev–Trinajstić information content (AvgIpc) is 2.39. The van der Waals surface area contributed by atoms with E-state index in [2.05, 4.69) is 12.2 Å². The summed E-state index contributed by atoms with van der Waals surface area (Å²) in [6.45, 7) is 4.21. The van der Waals surface area contributed by atoms with Gasteiger partial charge in [0, 0.05) is 17.1 Å². The molecule has 0 saturated heterocycles. The van der Waals surface area contributed by atoms with Crippen molar-refractivity contribution < 1.29 is 13.2 Å². The van der Waals surface area contributed by atoms with Crippen LogP contribution in [0, 0.1) is 6.92 Å². The summed E-state index contributed by atoms with van der Waals surface area (Å²) in [5, 5.41) is 8.07. The lowest BCUT2D eigenvalue weighted by atomic mass is 10.1. The third-order valence-electron chi connectivity index (χ3n) is 3.19. The Morgan fingerprint density at radius 2 is 1.95 bits per heavy atom. The molecule has 21 heavy (non-hydrogen) atoms. The molecule has 0 aromatic heterocycles. The van der Waals surface area contributed by atoms with E-state index in [1.807, 2.05) is 0 Å². The van der Waals surface area contributed by atoms with Gasteiger partial charge >= 0.3 is 0 Å². The Hall–Kier alpha value is -1.11. The molecule has 5 nitrogen and oxygen atoms in total. The minimum Gasteiger partial charge on any atom is -0.352 e. The second-order valence-corrected chi connectivity index (χ2v) is 6.90. The molecule has 7 heteroatoms. The first-order chi connectivity index (χ1) is 9.77. The highest BCUT2D eigenvalue weighted by Crippen LogP contribution is 2.23. The van der Waals surface area contributed by atoms with Crippen LogP contribution in [0.25, 0.3) is 0 Å². The first-order valence-electron chi connectivity index (χ1n) is 6.88. The molecule has 1 amide bonds.